The molecule has 2 aromatic carbocycles. The zero-order chi connectivity index (χ0) is 23.1. The van der Waals surface area contributed by atoms with Crippen molar-refractivity contribution in [2.75, 3.05) is 19.8 Å². The van der Waals surface area contributed by atoms with Crippen LogP contribution < -0.4 is 10.6 Å². The standard InChI is InChI=1S/C25H30F2N2O3/c1-17(2)29-23(30)19-8-5-7-18(14-19)21-9-4-3-6-20(21)15-25(10-12-32-13-11-25)24(31)28-16-22(26)27/h3-9,14,17,22H,10-13,15-16H2,1-2H3,(H,28,31)(H,29,30). The minimum Gasteiger partial charge on any atom is -0.381 e. The Morgan fingerprint density at radius 1 is 1.06 bits per heavy atom. The fraction of sp³-hybridized carbons (Fsp3) is 0.440. The summed E-state index contributed by atoms with van der Waals surface area (Å²) in [7, 11) is 0. The third kappa shape index (κ3) is 5.91. The molecule has 1 aliphatic rings. The largest absolute Gasteiger partial charge is 0.381 e. The minimum atomic E-state index is -2.59. The van der Waals surface area contributed by atoms with Gasteiger partial charge < -0.3 is 15.4 Å². The molecule has 0 spiro atoms. The van der Waals surface area contributed by atoms with E-state index in [1.807, 2.05) is 56.3 Å². The van der Waals surface area contributed by atoms with Gasteiger partial charge in [-0.15, -0.1) is 0 Å². The molecule has 2 aromatic rings. The van der Waals surface area contributed by atoms with Gasteiger partial charge in [-0.3, -0.25) is 9.59 Å². The van der Waals surface area contributed by atoms with Crippen LogP contribution in [0.2, 0.25) is 0 Å². The quantitative estimate of drug-likeness (QED) is 0.641. The molecule has 2 N–H and O–H groups in total. The van der Waals surface area contributed by atoms with Crippen LogP contribution in [0.25, 0.3) is 11.1 Å². The van der Waals surface area contributed by atoms with Crippen LogP contribution in [0, 0.1) is 5.41 Å². The molecular formula is C25H30F2N2O3. The van der Waals surface area contributed by atoms with Crippen molar-refractivity contribution >= 4 is 11.8 Å². The summed E-state index contributed by atoms with van der Waals surface area (Å²) in [5, 5.41) is 5.31. The highest BCUT2D eigenvalue weighted by Crippen LogP contribution is 2.38. The summed E-state index contributed by atoms with van der Waals surface area (Å²) in [4.78, 5) is 25.4. The lowest BCUT2D eigenvalue weighted by molar-refractivity contribution is -0.137. The van der Waals surface area contributed by atoms with Gasteiger partial charge in [0, 0.05) is 24.8 Å². The molecule has 0 aliphatic carbocycles. The third-order valence-corrected chi connectivity index (χ3v) is 5.75. The van der Waals surface area contributed by atoms with Crippen LogP contribution in [0.5, 0.6) is 0 Å². The van der Waals surface area contributed by atoms with Crippen LogP contribution in [0.15, 0.2) is 48.5 Å². The van der Waals surface area contributed by atoms with E-state index in [-0.39, 0.29) is 17.9 Å². The van der Waals surface area contributed by atoms with Gasteiger partial charge in [-0.25, -0.2) is 8.78 Å². The zero-order valence-corrected chi connectivity index (χ0v) is 18.5. The predicted octanol–water partition coefficient (Wildman–Crippen LogP) is 4.21. The SMILES string of the molecule is CC(C)NC(=O)c1cccc(-c2ccccc2CC2(C(=O)NCC(F)F)CCOCC2)c1. The number of benzene rings is 2. The maximum Gasteiger partial charge on any atom is 0.255 e. The third-order valence-electron chi connectivity index (χ3n) is 5.75. The van der Waals surface area contributed by atoms with Crippen LogP contribution >= 0.6 is 0 Å². The molecule has 0 saturated carbocycles. The number of carbonyl (C=O) groups is 2. The van der Waals surface area contributed by atoms with Crippen LogP contribution in [0.3, 0.4) is 0 Å². The van der Waals surface area contributed by atoms with Crippen molar-refractivity contribution in [3.8, 4) is 11.1 Å². The highest BCUT2D eigenvalue weighted by atomic mass is 19.3. The molecule has 3 rings (SSSR count). The molecule has 0 aromatic heterocycles. The number of carbonyl (C=O) groups excluding carboxylic acids is 2. The van der Waals surface area contributed by atoms with E-state index in [1.165, 1.54) is 0 Å². The first-order valence-electron chi connectivity index (χ1n) is 10.9. The summed E-state index contributed by atoms with van der Waals surface area (Å²) in [5.41, 5.74) is 2.46. The second kappa shape index (κ2) is 10.7. The van der Waals surface area contributed by atoms with E-state index in [2.05, 4.69) is 10.6 Å². The van der Waals surface area contributed by atoms with Crippen LogP contribution in [0.4, 0.5) is 8.78 Å². The van der Waals surface area contributed by atoms with E-state index in [1.54, 1.807) is 6.07 Å². The Balaban J connectivity index is 1.92. The molecule has 0 radical (unpaired) electrons. The van der Waals surface area contributed by atoms with Gasteiger partial charge in [-0.05, 0) is 61.9 Å². The summed E-state index contributed by atoms with van der Waals surface area (Å²) in [6.45, 7) is 3.98. The van der Waals surface area contributed by atoms with Gasteiger partial charge >= 0.3 is 0 Å². The zero-order valence-electron chi connectivity index (χ0n) is 18.5. The maximum absolute atomic E-state index is 13.0. The van der Waals surface area contributed by atoms with E-state index in [4.69, 9.17) is 4.74 Å². The van der Waals surface area contributed by atoms with Gasteiger partial charge in [-0.2, -0.15) is 0 Å². The van der Waals surface area contributed by atoms with E-state index < -0.39 is 18.4 Å². The van der Waals surface area contributed by atoms with E-state index in [9.17, 15) is 18.4 Å². The van der Waals surface area contributed by atoms with Crippen LogP contribution in [-0.4, -0.2) is 44.0 Å². The van der Waals surface area contributed by atoms with Crippen molar-refractivity contribution in [3.05, 3.63) is 59.7 Å². The van der Waals surface area contributed by atoms with Crippen molar-refractivity contribution in [3.63, 3.8) is 0 Å². The van der Waals surface area contributed by atoms with Gasteiger partial charge in [0.1, 0.15) is 0 Å². The summed E-state index contributed by atoms with van der Waals surface area (Å²) < 4.78 is 30.9. The van der Waals surface area contributed by atoms with Gasteiger partial charge in [0.15, 0.2) is 0 Å². The minimum absolute atomic E-state index is 0.0265. The molecule has 7 heteroatoms. The summed E-state index contributed by atoms with van der Waals surface area (Å²) in [6.07, 6.45) is -1.26. The molecule has 0 atom stereocenters. The highest BCUT2D eigenvalue weighted by molar-refractivity contribution is 5.95. The van der Waals surface area contributed by atoms with Gasteiger partial charge in [-0.1, -0.05) is 36.4 Å². The number of nitrogens with one attached hydrogen (secondary N) is 2. The van der Waals surface area contributed by atoms with E-state index in [0.29, 0.717) is 38.0 Å². The van der Waals surface area contributed by atoms with Crippen LogP contribution in [0.1, 0.15) is 42.6 Å². The van der Waals surface area contributed by atoms with Crippen molar-refractivity contribution < 1.29 is 23.1 Å². The van der Waals surface area contributed by atoms with Gasteiger partial charge in [0.05, 0.1) is 12.0 Å². The summed E-state index contributed by atoms with van der Waals surface area (Å²) >= 11 is 0. The topological polar surface area (TPSA) is 67.4 Å². The number of ether oxygens (including phenoxy) is 1. The molecule has 1 aliphatic heterocycles. The summed E-state index contributed by atoms with van der Waals surface area (Å²) in [5.74, 6) is -0.507. The lowest BCUT2D eigenvalue weighted by atomic mass is 9.73. The number of amides is 2. The number of hydrogen-bond acceptors (Lipinski definition) is 3. The first-order chi connectivity index (χ1) is 15.3. The molecule has 2 amide bonds. The molecule has 0 unspecified atom stereocenters. The monoisotopic (exact) mass is 444 g/mol. The van der Waals surface area contributed by atoms with Crippen molar-refractivity contribution in [1.82, 2.24) is 10.6 Å². The molecule has 1 heterocycles. The van der Waals surface area contributed by atoms with Crippen molar-refractivity contribution in [1.29, 1.82) is 0 Å². The molecule has 172 valence electrons. The second-order valence-corrected chi connectivity index (χ2v) is 8.54. The molecule has 5 nitrogen and oxygen atoms in total. The van der Waals surface area contributed by atoms with Crippen LogP contribution in [-0.2, 0) is 16.0 Å². The molecule has 1 saturated heterocycles. The first kappa shape index (κ1) is 23.9. The number of rotatable bonds is 8. The average molecular weight is 445 g/mol. The second-order valence-electron chi connectivity index (χ2n) is 8.54. The van der Waals surface area contributed by atoms with Gasteiger partial charge in [0.2, 0.25) is 5.91 Å². The Morgan fingerprint density at radius 2 is 1.78 bits per heavy atom. The lowest BCUT2D eigenvalue weighted by Gasteiger charge is -2.36. The average Bonchev–Trinajstić information content (AvgIpc) is 2.78. The van der Waals surface area contributed by atoms with E-state index in [0.717, 1.165) is 16.7 Å². The predicted molar refractivity (Wildman–Crippen MR) is 120 cm³/mol. The number of hydrogen-bond donors (Lipinski definition) is 2. The highest BCUT2D eigenvalue weighted by Gasteiger charge is 2.40. The Morgan fingerprint density at radius 3 is 2.47 bits per heavy atom. The molecule has 0 bridgehead atoms. The fourth-order valence-corrected chi connectivity index (χ4v) is 4.10. The maximum atomic E-state index is 13.0. The van der Waals surface area contributed by atoms with E-state index >= 15 is 0 Å². The smallest absolute Gasteiger partial charge is 0.255 e. The molecular weight excluding hydrogens is 414 g/mol. The Labute approximate surface area is 187 Å². The normalized spacial score (nSPS) is 15.6. The summed E-state index contributed by atoms with van der Waals surface area (Å²) in [6, 6.07) is 15.1. The Kier molecular flexibility index (Phi) is 7.96. The lowest BCUT2D eigenvalue weighted by Crippen LogP contribution is -2.47. The number of alkyl halides is 2. The van der Waals surface area contributed by atoms with Crippen molar-refractivity contribution in [2.24, 2.45) is 5.41 Å². The van der Waals surface area contributed by atoms with Gasteiger partial charge in [0.25, 0.3) is 12.3 Å². The molecule has 1 fully saturated rings. The first-order valence-corrected chi connectivity index (χ1v) is 10.9. The fourth-order valence-electron chi connectivity index (χ4n) is 4.10. The number of halogens is 2. The van der Waals surface area contributed by atoms with Crippen molar-refractivity contribution in [2.45, 2.75) is 45.6 Å². The Hall–Kier alpha value is -2.80. The molecule has 32 heavy (non-hydrogen) atoms. The Bertz CT molecular complexity index is 940.